The zero-order valence-electron chi connectivity index (χ0n) is 16.5. The SMILES string of the molecule is CCCCC/C=C\C[C@H](O)/C=C/C=C\C/C=C\CCCC(=O)NCC(=O)O. The van der Waals surface area contributed by atoms with Crippen molar-refractivity contribution < 1.29 is 19.8 Å². The number of aliphatic carboxylic acids is 1. The highest BCUT2D eigenvalue weighted by Crippen LogP contribution is 2.02. The second-order valence-corrected chi connectivity index (χ2v) is 6.35. The van der Waals surface area contributed by atoms with Crippen LogP contribution in [0.25, 0.3) is 0 Å². The normalized spacial score (nSPS) is 13.3. The first-order valence-electron chi connectivity index (χ1n) is 9.86. The van der Waals surface area contributed by atoms with E-state index in [1.54, 1.807) is 6.08 Å². The lowest BCUT2D eigenvalue weighted by Gasteiger charge is -2.00. The van der Waals surface area contributed by atoms with Gasteiger partial charge in [-0.15, -0.1) is 0 Å². The van der Waals surface area contributed by atoms with Gasteiger partial charge >= 0.3 is 5.97 Å². The molecule has 0 aromatic heterocycles. The highest BCUT2D eigenvalue weighted by atomic mass is 16.4. The zero-order valence-corrected chi connectivity index (χ0v) is 16.5. The van der Waals surface area contributed by atoms with Gasteiger partial charge in [0.25, 0.3) is 0 Å². The van der Waals surface area contributed by atoms with Crippen molar-refractivity contribution in [2.24, 2.45) is 0 Å². The minimum absolute atomic E-state index is 0.231. The summed E-state index contributed by atoms with van der Waals surface area (Å²) in [6.45, 7) is 1.87. The second-order valence-electron chi connectivity index (χ2n) is 6.35. The minimum Gasteiger partial charge on any atom is -0.480 e. The highest BCUT2D eigenvalue weighted by Gasteiger charge is 2.02. The van der Waals surface area contributed by atoms with E-state index in [0.29, 0.717) is 19.3 Å². The summed E-state index contributed by atoms with van der Waals surface area (Å²) in [5.74, 6) is -1.26. The molecule has 0 rings (SSSR count). The lowest BCUT2D eigenvalue weighted by atomic mass is 10.1. The van der Waals surface area contributed by atoms with Gasteiger partial charge in [-0.1, -0.05) is 68.4 Å². The quantitative estimate of drug-likeness (QED) is 0.213. The van der Waals surface area contributed by atoms with Crippen molar-refractivity contribution in [3.8, 4) is 0 Å². The first-order valence-corrected chi connectivity index (χ1v) is 9.86. The topological polar surface area (TPSA) is 86.6 Å². The Kier molecular flexibility index (Phi) is 17.2. The van der Waals surface area contributed by atoms with Crippen LogP contribution in [0.4, 0.5) is 0 Å². The van der Waals surface area contributed by atoms with Gasteiger partial charge in [-0.3, -0.25) is 9.59 Å². The third-order valence-corrected chi connectivity index (χ3v) is 3.75. The van der Waals surface area contributed by atoms with Crippen molar-refractivity contribution in [2.45, 2.75) is 70.8 Å². The van der Waals surface area contributed by atoms with Crippen LogP contribution in [0.15, 0.2) is 48.6 Å². The van der Waals surface area contributed by atoms with Crippen LogP contribution in [0, 0.1) is 0 Å². The molecular weight excluding hydrogens is 342 g/mol. The molecule has 27 heavy (non-hydrogen) atoms. The van der Waals surface area contributed by atoms with Gasteiger partial charge in [0.2, 0.25) is 5.91 Å². The Morgan fingerprint density at radius 3 is 2.44 bits per heavy atom. The summed E-state index contributed by atoms with van der Waals surface area (Å²) in [5.41, 5.74) is 0. The van der Waals surface area contributed by atoms with E-state index >= 15 is 0 Å². The van der Waals surface area contributed by atoms with Gasteiger partial charge in [-0.25, -0.2) is 0 Å². The van der Waals surface area contributed by atoms with Crippen molar-refractivity contribution in [2.75, 3.05) is 6.54 Å². The maximum absolute atomic E-state index is 11.3. The molecule has 0 heterocycles. The standard InChI is InChI=1S/C22H35NO4/c1-2-3-4-5-10-13-16-20(24)17-14-11-8-6-7-9-12-15-18-21(25)23-19-22(26)27/h7-11,13-14,17,20,24H,2-6,12,15-16,18-19H2,1H3,(H,23,25)(H,26,27)/b9-7-,11-8-,13-10-,17-14+/t20-/m0/s1. The Bertz CT molecular complexity index is 506. The summed E-state index contributed by atoms with van der Waals surface area (Å²) in [5, 5.41) is 20.6. The first-order chi connectivity index (χ1) is 13.1. The zero-order chi connectivity index (χ0) is 20.2. The fourth-order valence-electron chi connectivity index (χ4n) is 2.23. The van der Waals surface area contributed by atoms with Gasteiger partial charge in [0.1, 0.15) is 6.54 Å². The Morgan fingerprint density at radius 2 is 1.70 bits per heavy atom. The molecule has 0 spiro atoms. The number of carbonyl (C=O) groups excluding carboxylic acids is 1. The number of amides is 1. The molecule has 0 aliphatic carbocycles. The molecule has 0 saturated carbocycles. The van der Waals surface area contributed by atoms with E-state index in [4.69, 9.17) is 5.11 Å². The molecule has 0 aromatic carbocycles. The number of unbranched alkanes of at least 4 members (excludes halogenated alkanes) is 4. The van der Waals surface area contributed by atoms with Crippen LogP contribution in [0.3, 0.4) is 0 Å². The molecule has 3 N–H and O–H groups in total. The Balaban J connectivity index is 3.66. The van der Waals surface area contributed by atoms with Crippen LogP contribution in [0.2, 0.25) is 0 Å². The molecule has 1 atom stereocenters. The number of hydrogen-bond donors (Lipinski definition) is 3. The van der Waals surface area contributed by atoms with Crippen LogP contribution in [0.1, 0.15) is 64.7 Å². The molecule has 0 aliphatic rings. The Morgan fingerprint density at radius 1 is 0.963 bits per heavy atom. The minimum atomic E-state index is -1.03. The molecule has 0 fully saturated rings. The molecule has 0 saturated heterocycles. The average Bonchev–Trinajstić information content (AvgIpc) is 2.64. The third kappa shape index (κ3) is 20.0. The van der Waals surface area contributed by atoms with Crippen LogP contribution < -0.4 is 5.32 Å². The first kappa shape index (κ1) is 24.9. The summed E-state index contributed by atoms with van der Waals surface area (Å²) in [7, 11) is 0. The van der Waals surface area contributed by atoms with Crippen LogP contribution >= 0.6 is 0 Å². The Hall–Kier alpha value is -2.14. The van der Waals surface area contributed by atoms with Gasteiger partial charge in [0.15, 0.2) is 0 Å². The van der Waals surface area contributed by atoms with E-state index in [2.05, 4.69) is 18.3 Å². The van der Waals surface area contributed by atoms with Gasteiger partial charge in [-0.05, 0) is 38.5 Å². The summed E-state index contributed by atoms with van der Waals surface area (Å²) in [6, 6.07) is 0. The maximum Gasteiger partial charge on any atom is 0.322 e. The molecule has 0 unspecified atom stereocenters. The van der Waals surface area contributed by atoms with Gasteiger partial charge in [-0.2, -0.15) is 0 Å². The molecule has 0 aliphatic heterocycles. The number of aliphatic hydroxyl groups excluding tert-OH is 1. The van der Waals surface area contributed by atoms with E-state index in [0.717, 1.165) is 19.3 Å². The van der Waals surface area contributed by atoms with Crippen molar-refractivity contribution in [3.05, 3.63) is 48.6 Å². The molecular formula is C22H35NO4. The molecule has 5 heteroatoms. The number of carboxylic acids is 1. The molecule has 0 radical (unpaired) electrons. The van der Waals surface area contributed by atoms with E-state index < -0.39 is 12.1 Å². The number of carbonyl (C=O) groups is 2. The van der Waals surface area contributed by atoms with Crippen molar-refractivity contribution in [1.82, 2.24) is 5.32 Å². The number of hydrogen-bond acceptors (Lipinski definition) is 3. The smallest absolute Gasteiger partial charge is 0.322 e. The van der Waals surface area contributed by atoms with Crippen LogP contribution in [-0.4, -0.2) is 34.7 Å². The number of aliphatic hydroxyl groups is 1. The predicted octanol–water partition coefficient (Wildman–Crippen LogP) is 4.30. The molecule has 152 valence electrons. The maximum atomic E-state index is 11.3. The molecule has 5 nitrogen and oxygen atoms in total. The summed E-state index contributed by atoms with van der Waals surface area (Å²) in [4.78, 5) is 21.6. The van der Waals surface area contributed by atoms with Crippen LogP contribution in [0.5, 0.6) is 0 Å². The number of carboxylic acid groups (broad SMARTS) is 1. The molecule has 0 aromatic rings. The summed E-state index contributed by atoms with van der Waals surface area (Å²) in [6.07, 6.45) is 23.4. The summed E-state index contributed by atoms with van der Waals surface area (Å²) >= 11 is 0. The fraction of sp³-hybridized carbons (Fsp3) is 0.545. The predicted molar refractivity (Wildman–Crippen MR) is 110 cm³/mol. The number of nitrogens with one attached hydrogen (secondary N) is 1. The van der Waals surface area contributed by atoms with Crippen molar-refractivity contribution in [1.29, 1.82) is 0 Å². The van der Waals surface area contributed by atoms with Gasteiger partial charge in [0.05, 0.1) is 6.10 Å². The van der Waals surface area contributed by atoms with Crippen molar-refractivity contribution >= 4 is 11.9 Å². The van der Waals surface area contributed by atoms with Crippen molar-refractivity contribution in [3.63, 3.8) is 0 Å². The highest BCUT2D eigenvalue weighted by molar-refractivity contribution is 5.80. The van der Waals surface area contributed by atoms with E-state index in [-0.39, 0.29) is 12.5 Å². The van der Waals surface area contributed by atoms with E-state index in [9.17, 15) is 14.7 Å². The molecule has 0 bridgehead atoms. The lowest BCUT2D eigenvalue weighted by Crippen LogP contribution is -2.28. The summed E-state index contributed by atoms with van der Waals surface area (Å²) < 4.78 is 0. The molecule has 1 amide bonds. The number of rotatable bonds is 16. The Labute approximate surface area is 163 Å². The van der Waals surface area contributed by atoms with Gasteiger partial charge in [0, 0.05) is 6.42 Å². The fourth-order valence-corrected chi connectivity index (χ4v) is 2.23. The largest absolute Gasteiger partial charge is 0.480 e. The van der Waals surface area contributed by atoms with Crippen LogP contribution in [-0.2, 0) is 9.59 Å². The van der Waals surface area contributed by atoms with E-state index in [1.165, 1.54) is 19.3 Å². The van der Waals surface area contributed by atoms with Gasteiger partial charge < -0.3 is 15.5 Å². The average molecular weight is 378 g/mol. The third-order valence-electron chi connectivity index (χ3n) is 3.75. The van der Waals surface area contributed by atoms with E-state index in [1.807, 2.05) is 36.5 Å². The number of allylic oxidation sites excluding steroid dienone is 6. The lowest BCUT2D eigenvalue weighted by molar-refractivity contribution is -0.137. The monoisotopic (exact) mass is 377 g/mol. The second kappa shape index (κ2) is 18.6.